The highest BCUT2D eigenvalue weighted by molar-refractivity contribution is 5.96. The predicted octanol–water partition coefficient (Wildman–Crippen LogP) is 2.93. The van der Waals surface area contributed by atoms with Crippen LogP contribution >= 0.6 is 0 Å². The van der Waals surface area contributed by atoms with E-state index in [0.717, 1.165) is 6.07 Å². The van der Waals surface area contributed by atoms with E-state index in [0.29, 0.717) is 5.69 Å². The molecule has 0 saturated carbocycles. The van der Waals surface area contributed by atoms with Crippen LogP contribution in [0.25, 0.3) is 0 Å². The lowest BCUT2D eigenvalue weighted by molar-refractivity contribution is -0.385. The Labute approximate surface area is 142 Å². The van der Waals surface area contributed by atoms with Crippen LogP contribution in [0.2, 0.25) is 0 Å². The summed E-state index contributed by atoms with van der Waals surface area (Å²) in [4.78, 5) is 34.7. The molecule has 0 N–H and O–H groups in total. The predicted molar refractivity (Wildman–Crippen MR) is 89.6 cm³/mol. The number of benzene rings is 2. The van der Waals surface area contributed by atoms with Crippen molar-refractivity contribution >= 4 is 23.0 Å². The smallest absolute Gasteiger partial charge is 0.340 e. The summed E-state index contributed by atoms with van der Waals surface area (Å²) >= 11 is 0. The maximum Gasteiger partial charge on any atom is 0.340 e. The fourth-order valence-corrected chi connectivity index (χ4v) is 2.22. The van der Waals surface area contributed by atoms with Crippen molar-refractivity contribution in [1.82, 2.24) is 0 Å². The molecule has 25 heavy (non-hydrogen) atoms. The summed E-state index contributed by atoms with van der Waals surface area (Å²) in [5.41, 5.74) is 0.277. The van der Waals surface area contributed by atoms with Gasteiger partial charge in [0.15, 0.2) is 0 Å². The highest BCUT2D eigenvalue weighted by atomic mass is 16.6. The summed E-state index contributed by atoms with van der Waals surface area (Å²) in [6.45, 7) is -0.314. The van der Waals surface area contributed by atoms with E-state index in [1.54, 1.807) is 25.1 Å². The van der Waals surface area contributed by atoms with Gasteiger partial charge in [-0.1, -0.05) is 12.1 Å². The number of anilines is 1. The average Bonchev–Trinajstić information content (AvgIpc) is 2.59. The number of para-hydroxylation sites is 1. The number of ether oxygens (including phenoxy) is 1. The highest BCUT2D eigenvalue weighted by Gasteiger charge is 2.20. The number of non-ortho nitro benzene ring substituents is 1. The molecule has 0 fully saturated rings. The Kier molecular flexibility index (Phi) is 5.28. The van der Waals surface area contributed by atoms with Crippen LogP contribution in [0, 0.1) is 20.2 Å². The van der Waals surface area contributed by atoms with Crippen LogP contribution in [0.3, 0.4) is 0 Å². The summed E-state index contributed by atoms with van der Waals surface area (Å²) in [7, 11) is 3.36. The van der Waals surface area contributed by atoms with Crippen LogP contribution in [-0.4, -0.2) is 29.9 Å². The zero-order chi connectivity index (χ0) is 18.6. The summed E-state index contributed by atoms with van der Waals surface area (Å²) < 4.78 is 5.14. The summed E-state index contributed by atoms with van der Waals surface area (Å²) in [6.07, 6.45) is 0. The standard InChI is InChI=1S/C16H15N3O6/c1-17(2)15-8-7-12(18(21)22)9-13(15)16(20)25-10-11-5-3-4-6-14(11)19(23)24/h3-9H,10H2,1-2H3. The molecule has 0 atom stereocenters. The Hall–Kier alpha value is -3.49. The lowest BCUT2D eigenvalue weighted by Crippen LogP contribution is -2.16. The molecule has 0 amide bonds. The molecule has 2 aromatic rings. The molecule has 0 aliphatic heterocycles. The van der Waals surface area contributed by atoms with Gasteiger partial charge in [0, 0.05) is 32.3 Å². The van der Waals surface area contributed by atoms with Gasteiger partial charge in [0.05, 0.1) is 26.7 Å². The number of carbonyl (C=O) groups is 1. The number of nitro benzene ring substituents is 2. The molecule has 9 nitrogen and oxygen atoms in total. The minimum Gasteiger partial charge on any atom is -0.457 e. The Morgan fingerprint density at radius 3 is 2.36 bits per heavy atom. The molecule has 0 bridgehead atoms. The van der Waals surface area contributed by atoms with E-state index in [2.05, 4.69) is 0 Å². The van der Waals surface area contributed by atoms with Crippen LogP contribution in [-0.2, 0) is 11.3 Å². The number of hydrogen-bond acceptors (Lipinski definition) is 7. The Morgan fingerprint density at radius 1 is 1.08 bits per heavy atom. The minimum atomic E-state index is -0.800. The van der Waals surface area contributed by atoms with Gasteiger partial charge in [0.25, 0.3) is 11.4 Å². The first kappa shape index (κ1) is 17.9. The van der Waals surface area contributed by atoms with Crippen molar-refractivity contribution in [3.8, 4) is 0 Å². The molecule has 2 aromatic carbocycles. The Bertz CT molecular complexity index is 834. The average molecular weight is 345 g/mol. The molecular formula is C16H15N3O6. The van der Waals surface area contributed by atoms with E-state index in [1.165, 1.54) is 30.3 Å². The number of nitrogens with zero attached hydrogens (tertiary/aromatic N) is 3. The zero-order valence-corrected chi connectivity index (χ0v) is 13.5. The molecule has 0 spiro atoms. The van der Waals surface area contributed by atoms with E-state index in [1.807, 2.05) is 0 Å². The van der Waals surface area contributed by atoms with Gasteiger partial charge in [0.2, 0.25) is 0 Å². The van der Waals surface area contributed by atoms with Gasteiger partial charge < -0.3 is 9.64 Å². The third kappa shape index (κ3) is 4.08. The number of nitro groups is 2. The van der Waals surface area contributed by atoms with Gasteiger partial charge in [-0.2, -0.15) is 0 Å². The second-order valence-corrected chi connectivity index (χ2v) is 5.31. The third-order valence-corrected chi connectivity index (χ3v) is 3.44. The van der Waals surface area contributed by atoms with E-state index < -0.39 is 15.8 Å². The van der Waals surface area contributed by atoms with Gasteiger partial charge in [-0.3, -0.25) is 20.2 Å². The van der Waals surface area contributed by atoms with E-state index in [9.17, 15) is 25.0 Å². The summed E-state index contributed by atoms with van der Waals surface area (Å²) in [6, 6.07) is 9.74. The second kappa shape index (κ2) is 7.39. The lowest BCUT2D eigenvalue weighted by Gasteiger charge is -2.16. The second-order valence-electron chi connectivity index (χ2n) is 5.31. The summed E-state index contributed by atoms with van der Waals surface area (Å²) in [5.74, 6) is -0.800. The third-order valence-electron chi connectivity index (χ3n) is 3.44. The molecule has 130 valence electrons. The van der Waals surface area contributed by atoms with Crippen molar-refractivity contribution in [3.63, 3.8) is 0 Å². The topological polar surface area (TPSA) is 116 Å². The van der Waals surface area contributed by atoms with Crippen molar-refractivity contribution in [2.24, 2.45) is 0 Å². The Balaban J connectivity index is 2.28. The first-order valence-corrected chi connectivity index (χ1v) is 7.16. The van der Waals surface area contributed by atoms with Crippen LogP contribution in [0.5, 0.6) is 0 Å². The van der Waals surface area contributed by atoms with E-state index in [4.69, 9.17) is 4.74 Å². The first-order valence-electron chi connectivity index (χ1n) is 7.16. The van der Waals surface area contributed by atoms with Crippen LogP contribution in [0.4, 0.5) is 17.1 Å². The maximum absolute atomic E-state index is 12.4. The molecule has 0 aromatic heterocycles. The van der Waals surface area contributed by atoms with Crippen LogP contribution in [0.1, 0.15) is 15.9 Å². The molecule has 0 aliphatic carbocycles. The molecule has 0 aliphatic rings. The fourth-order valence-electron chi connectivity index (χ4n) is 2.22. The van der Waals surface area contributed by atoms with Crippen molar-refractivity contribution < 1.29 is 19.4 Å². The molecular weight excluding hydrogens is 330 g/mol. The SMILES string of the molecule is CN(C)c1ccc([N+](=O)[O-])cc1C(=O)OCc1ccccc1[N+](=O)[O-]. The summed E-state index contributed by atoms with van der Waals surface area (Å²) in [5, 5.41) is 21.9. The van der Waals surface area contributed by atoms with Crippen molar-refractivity contribution in [2.45, 2.75) is 6.61 Å². The monoisotopic (exact) mass is 345 g/mol. The van der Waals surface area contributed by atoms with Gasteiger partial charge in [-0.25, -0.2) is 4.79 Å². The molecule has 0 unspecified atom stereocenters. The lowest BCUT2D eigenvalue weighted by atomic mass is 10.1. The number of esters is 1. The van der Waals surface area contributed by atoms with Crippen molar-refractivity contribution in [1.29, 1.82) is 0 Å². The zero-order valence-electron chi connectivity index (χ0n) is 13.5. The van der Waals surface area contributed by atoms with Crippen molar-refractivity contribution in [2.75, 3.05) is 19.0 Å². The van der Waals surface area contributed by atoms with Gasteiger partial charge in [-0.05, 0) is 12.1 Å². The van der Waals surface area contributed by atoms with Crippen LogP contribution < -0.4 is 4.90 Å². The molecule has 0 radical (unpaired) electrons. The molecule has 9 heteroatoms. The van der Waals surface area contributed by atoms with Gasteiger partial charge in [0.1, 0.15) is 6.61 Å². The van der Waals surface area contributed by atoms with E-state index >= 15 is 0 Å². The van der Waals surface area contributed by atoms with Crippen molar-refractivity contribution in [3.05, 3.63) is 73.8 Å². The van der Waals surface area contributed by atoms with Gasteiger partial charge in [-0.15, -0.1) is 0 Å². The number of rotatable bonds is 6. The number of carbonyl (C=O) groups excluding carboxylic acids is 1. The molecule has 2 rings (SSSR count). The maximum atomic E-state index is 12.4. The highest BCUT2D eigenvalue weighted by Crippen LogP contribution is 2.26. The molecule has 0 saturated heterocycles. The minimum absolute atomic E-state index is 0.0118. The normalized spacial score (nSPS) is 10.2. The largest absolute Gasteiger partial charge is 0.457 e. The quantitative estimate of drug-likeness (QED) is 0.449. The first-order chi connectivity index (χ1) is 11.8. The fraction of sp³-hybridized carbons (Fsp3) is 0.188. The Morgan fingerprint density at radius 2 is 1.76 bits per heavy atom. The van der Waals surface area contributed by atoms with Crippen LogP contribution in [0.15, 0.2) is 42.5 Å². The van der Waals surface area contributed by atoms with E-state index in [-0.39, 0.29) is 29.1 Å². The molecule has 0 heterocycles. The van der Waals surface area contributed by atoms with Gasteiger partial charge >= 0.3 is 5.97 Å². The number of hydrogen-bond donors (Lipinski definition) is 0.